The summed E-state index contributed by atoms with van der Waals surface area (Å²) in [5.74, 6) is 0.158. The van der Waals surface area contributed by atoms with Crippen LogP contribution >= 0.6 is 0 Å². The standard InChI is InChI=1S/C22H29N3O2/c23-21-9-7-19(8-10-21)17-22(26)25(18-20-5-2-1-3-6-20)12-4-11-24-13-15-27-16-14-24/h1-3,5-10H,4,11-18,23H2. The van der Waals surface area contributed by atoms with Crippen molar-refractivity contribution >= 4 is 11.6 Å². The number of ether oxygens (including phenoxy) is 1. The van der Waals surface area contributed by atoms with E-state index in [1.807, 2.05) is 47.4 Å². The third kappa shape index (κ3) is 6.38. The highest BCUT2D eigenvalue weighted by Crippen LogP contribution is 2.11. The number of morpholine rings is 1. The fraction of sp³-hybridized carbons (Fsp3) is 0.409. The number of rotatable bonds is 8. The molecule has 0 spiro atoms. The zero-order valence-electron chi connectivity index (χ0n) is 15.8. The summed E-state index contributed by atoms with van der Waals surface area (Å²) in [7, 11) is 0. The van der Waals surface area contributed by atoms with E-state index in [0.717, 1.165) is 62.6 Å². The fourth-order valence-corrected chi connectivity index (χ4v) is 3.33. The van der Waals surface area contributed by atoms with Crippen LogP contribution in [0.15, 0.2) is 54.6 Å². The van der Waals surface area contributed by atoms with E-state index in [1.165, 1.54) is 0 Å². The first-order chi connectivity index (χ1) is 13.2. The molecule has 0 saturated carbocycles. The van der Waals surface area contributed by atoms with Crippen LogP contribution in [0.25, 0.3) is 0 Å². The summed E-state index contributed by atoms with van der Waals surface area (Å²) in [6.07, 6.45) is 1.38. The summed E-state index contributed by atoms with van der Waals surface area (Å²) in [6.45, 7) is 6.01. The number of carbonyl (C=O) groups excluding carboxylic acids is 1. The molecule has 1 aliphatic rings. The second kappa shape index (κ2) is 10.1. The average Bonchev–Trinajstić information content (AvgIpc) is 2.70. The Balaban J connectivity index is 1.59. The zero-order valence-corrected chi connectivity index (χ0v) is 15.8. The van der Waals surface area contributed by atoms with E-state index < -0.39 is 0 Å². The second-order valence-corrected chi connectivity index (χ2v) is 7.03. The Kier molecular flexibility index (Phi) is 7.25. The first-order valence-electron chi connectivity index (χ1n) is 9.67. The van der Waals surface area contributed by atoms with Gasteiger partial charge in [0.05, 0.1) is 19.6 Å². The number of nitrogen functional groups attached to an aromatic ring is 1. The van der Waals surface area contributed by atoms with Gasteiger partial charge in [0, 0.05) is 38.4 Å². The number of hydrogen-bond acceptors (Lipinski definition) is 4. The molecule has 0 unspecified atom stereocenters. The summed E-state index contributed by atoms with van der Waals surface area (Å²) < 4.78 is 5.40. The topological polar surface area (TPSA) is 58.8 Å². The molecular formula is C22H29N3O2. The number of amides is 1. The van der Waals surface area contributed by atoms with Crippen LogP contribution in [0.5, 0.6) is 0 Å². The molecule has 5 heteroatoms. The molecule has 1 heterocycles. The van der Waals surface area contributed by atoms with Crippen LogP contribution < -0.4 is 5.73 Å². The first kappa shape index (κ1) is 19.4. The van der Waals surface area contributed by atoms with Gasteiger partial charge in [-0.3, -0.25) is 9.69 Å². The van der Waals surface area contributed by atoms with E-state index in [4.69, 9.17) is 10.5 Å². The summed E-state index contributed by atoms with van der Waals surface area (Å²) in [6, 6.07) is 17.8. The maximum atomic E-state index is 12.9. The van der Waals surface area contributed by atoms with Crippen LogP contribution in [0.4, 0.5) is 5.69 Å². The van der Waals surface area contributed by atoms with Crippen molar-refractivity contribution in [1.29, 1.82) is 0 Å². The maximum Gasteiger partial charge on any atom is 0.227 e. The van der Waals surface area contributed by atoms with Gasteiger partial charge in [0.15, 0.2) is 0 Å². The van der Waals surface area contributed by atoms with E-state index in [9.17, 15) is 4.79 Å². The molecule has 2 aromatic carbocycles. The van der Waals surface area contributed by atoms with Crippen molar-refractivity contribution in [2.24, 2.45) is 0 Å². The van der Waals surface area contributed by atoms with Crippen LogP contribution in [-0.4, -0.2) is 55.1 Å². The van der Waals surface area contributed by atoms with Crippen LogP contribution in [0.1, 0.15) is 17.5 Å². The second-order valence-electron chi connectivity index (χ2n) is 7.03. The van der Waals surface area contributed by atoms with Gasteiger partial charge in [0.2, 0.25) is 5.91 Å². The molecule has 1 aliphatic heterocycles. The van der Waals surface area contributed by atoms with E-state index in [-0.39, 0.29) is 5.91 Å². The number of nitrogens with zero attached hydrogens (tertiary/aromatic N) is 2. The lowest BCUT2D eigenvalue weighted by atomic mass is 10.1. The number of benzene rings is 2. The Morgan fingerprint density at radius 1 is 1.00 bits per heavy atom. The molecule has 0 aromatic heterocycles. The Bertz CT molecular complexity index is 697. The van der Waals surface area contributed by atoms with Crippen molar-refractivity contribution in [3.05, 3.63) is 65.7 Å². The summed E-state index contributed by atoms with van der Waals surface area (Å²) in [5.41, 5.74) is 8.63. The van der Waals surface area contributed by atoms with E-state index >= 15 is 0 Å². The fourth-order valence-electron chi connectivity index (χ4n) is 3.33. The van der Waals surface area contributed by atoms with Crippen molar-refractivity contribution < 1.29 is 9.53 Å². The van der Waals surface area contributed by atoms with Gasteiger partial charge in [-0.15, -0.1) is 0 Å². The Morgan fingerprint density at radius 2 is 1.70 bits per heavy atom. The molecule has 1 amide bonds. The predicted octanol–water partition coefficient (Wildman–Crippen LogP) is 2.56. The molecular weight excluding hydrogens is 338 g/mol. The van der Waals surface area contributed by atoms with Crippen LogP contribution in [0, 0.1) is 0 Å². The quantitative estimate of drug-likeness (QED) is 0.729. The van der Waals surface area contributed by atoms with E-state index in [0.29, 0.717) is 13.0 Å². The molecule has 2 aromatic rings. The Morgan fingerprint density at radius 3 is 2.41 bits per heavy atom. The number of carbonyl (C=O) groups is 1. The Labute approximate surface area is 161 Å². The molecule has 0 aliphatic carbocycles. The highest BCUT2D eigenvalue weighted by molar-refractivity contribution is 5.78. The lowest BCUT2D eigenvalue weighted by Crippen LogP contribution is -2.39. The lowest BCUT2D eigenvalue weighted by Gasteiger charge is -2.28. The number of hydrogen-bond donors (Lipinski definition) is 1. The SMILES string of the molecule is Nc1ccc(CC(=O)N(CCCN2CCOCC2)Cc2ccccc2)cc1. The normalized spacial score (nSPS) is 14.8. The third-order valence-corrected chi connectivity index (χ3v) is 4.91. The molecule has 5 nitrogen and oxygen atoms in total. The lowest BCUT2D eigenvalue weighted by molar-refractivity contribution is -0.131. The van der Waals surface area contributed by atoms with Crippen molar-refractivity contribution in [2.75, 3.05) is 45.1 Å². The van der Waals surface area contributed by atoms with Gasteiger partial charge in [0.1, 0.15) is 0 Å². The first-order valence-corrected chi connectivity index (χ1v) is 9.67. The summed E-state index contributed by atoms with van der Waals surface area (Å²) in [5, 5.41) is 0. The third-order valence-electron chi connectivity index (χ3n) is 4.91. The van der Waals surface area contributed by atoms with Crippen molar-refractivity contribution in [3.8, 4) is 0 Å². The van der Waals surface area contributed by atoms with Gasteiger partial charge in [-0.2, -0.15) is 0 Å². The van der Waals surface area contributed by atoms with Gasteiger partial charge in [-0.25, -0.2) is 0 Å². The van der Waals surface area contributed by atoms with E-state index in [1.54, 1.807) is 0 Å². The van der Waals surface area contributed by atoms with Gasteiger partial charge < -0.3 is 15.4 Å². The van der Waals surface area contributed by atoms with Gasteiger partial charge in [0.25, 0.3) is 0 Å². The summed E-state index contributed by atoms with van der Waals surface area (Å²) >= 11 is 0. The summed E-state index contributed by atoms with van der Waals surface area (Å²) in [4.78, 5) is 17.3. The van der Waals surface area contributed by atoms with Crippen LogP contribution in [-0.2, 0) is 22.5 Å². The van der Waals surface area contributed by atoms with E-state index in [2.05, 4.69) is 17.0 Å². The van der Waals surface area contributed by atoms with Crippen molar-refractivity contribution in [3.63, 3.8) is 0 Å². The molecule has 0 atom stereocenters. The monoisotopic (exact) mass is 367 g/mol. The van der Waals surface area contributed by atoms with Crippen LogP contribution in [0.3, 0.4) is 0 Å². The zero-order chi connectivity index (χ0) is 18.9. The number of anilines is 1. The van der Waals surface area contributed by atoms with Gasteiger partial charge in [-0.05, 0) is 29.7 Å². The largest absolute Gasteiger partial charge is 0.399 e. The number of nitrogens with two attached hydrogens (primary N) is 1. The molecule has 1 saturated heterocycles. The van der Waals surface area contributed by atoms with Gasteiger partial charge >= 0.3 is 0 Å². The molecule has 0 bridgehead atoms. The minimum atomic E-state index is 0.158. The van der Waals surface area contributed by atoms with Crippen molar-refractivity contribution in [2.45, 2.75) is 19.4 Å². The van der Waals surface area contributed by atoms with Crippen molar-refractivity contribution in [1.82, 2.24) is 9.80 Å². The van der Waals surface area contributed by atoms with Gasteiger partial charge in [-0.1, -0.05) is 42.5 Å². The molecule has 144 valence electrons. The average molecular weight is 367 g/mol. The van der Waals surface area contributed by atoms with Crippen LogP contribution in [0.2, 0.25) is 0 Å². The molecule has 0 radical (unpaired) electrons. The smallest absolute Gasteiger partial charge is 0.227 e. The minimum Gasteiger partial charge on any atom is -0.399 e. The predicted molar refractivity (Wildman–Crippen MR) is 108 cm³/mol. The Hall–Kier alpha value is -2.37. The highest BCUT2D eigenvalue weighted by Gasteiger charge is 2.16. The molecule has 3 rings (SSSR count). The minimum absolute atomic E-state index is 0.158. The highest BCUT2D eigenvalue weighted by atomic mass is 16.5. The molecule has 27 heavy (non-hydrogen) atoms. The maximum absolute atomic E-state index is 12.9. The molecule has 1 fully saturated rings. The molecule has 2 N–H and O–H groups in total.